The summed E-state index contributed by atoms with van der Waals surface area (Å²) in [6.45, 7) is 0.521. The van der Waals surface area contributed by atoms with E-state index in [1.807, 2.05) is 18.2 Å². The van der Waals surface area contributed by atoms with Gasteiger partial charge in [-0.25, -0.2) is 0 Å². The van der Waals surface area contributed by atoms with Gasteiger partial charge in [0.05, 0.1) is 26.5 Å². The van der Waals surface area contributed by atoms with E-state index in [-0.39, 0.29) is 11.6 Å². The molecule has 8 nitrogen and oxygen atoms in total. The zero-order valence-corrected chi connectivity index (χ0v) is 15.0. The van der Waals surface area contributed by atoms with E-state index in [2.05, 4.69) is 25.8 Å². The number of methoxy groups -OCH3 is 2. The minimum atomic E-state index is -0.369. The highest BCUT2D eigenvalue weighted by atomic mass is 16.5. The van der Waals surface area contributed by atoms with E-state index < -0.39 is 0 Å². The van der Waals surface area contributed by atoms with E-state index in [4.69, 9.17) is 9.47 Å². The number of pyridine rings is 1. The summed E-state index contributed by atoms with van der Waals surface area (Å²) in [7, 11) is 3.08. The van der Waals surface area contributed by atoms with E-state index in [9.17, 15) is 4.79 Å². The van der Waals surface area contributed by atoms with Gasteiger partial charge < -0.3 is 20.1 Å². The molecule has 2 heterocycles. The summed E-state index contributed by atoms with van der Waals surface area (Å²) in [5.41, 5.74) is 1.65. The largest absolute Gasteiger partial charge is 0.493 e. The Kier molecular flexibility index (Phi) is 5.78. The maximum atomic E-state index is 12.3. The molecule has 3 aromatic rings. The monoisotopic (exact) mass is 365 g/mol. The van der Waals surface area contributed by atoms with Crippen molar-refractivity contribution >= 4 is 17.4 Å². The van der Waals surface area contributed by atoms with Crippen molar-refractivity contribution in [2.24, 2.45) is 0 Å². The molecule has 8 heteroatoms. The van der Waals surface area contributed by atoms with Gasteiger partial charge in [-0.05, 0) is 36.4 Å². The Bertz CT molecular complexity index is 901. The van der Waals surface area contributed by atoms with Crippen LogP contribution in [0, 0.1) is 0 Å². The number of hydrogen-bond acceptors (Lipinski definition) is 7. The molecule has 0 unspecified atom stereocenters. The summed E-state index contributed by atoms with van der Waals surface area (Å²) >= 11 is 0. The first-order valence-corrected chi connectivity index (χ1v) is 8.20. The van der Waals surface area contributed by atoms with E-state index >= 15 is 0 Å². The number of nitrogens with one attached hydrogen (secondary N) is 2. The molecule has 3 rings (SSSR count). The molecular weight excluding hydrogens is 346 g/mol. The fourth-order valence-electron chi connectivity index (χ4n) is 2.34. The molecule has 0 saturated carbocycles. The number of hydrogen-bond donors (Lipinski definition) is 2. The number of anilines is 2. The molecule has 138 valence electrons. The van der Waals surface area contributed by atoms with Gasteiger partial charge in [0, 0.05) is 18.0 Å². The van der Waals surface area contributed by atoms with Crippen molar-refractivity contribution in [2.45, 2.75) is 6.54 Å². The number of carbonyl (C=O) groups is 1. The minimum absolute atomic E-state index is 0.202. The second kappa shape index (κ2) is 8.61. The molecule has 0 radical (unpaired) electrons. The van der Waals surface area contributed by atoms with Crippen LogP contribution in [-0.2, 0) is 6.54 Å². The molecule has 1 aromatic carbocycles. The van der Waals surface area contributed by atoms with E-state index in [1.54, 1.807) is 43.6 Å². The molecule has 1 amide bonds. The van der Waals surface area contributed by atoms with Gasteiger partial charge in [0.15, 0.2) is 17.2 Å². The fourth-order valence-corrected chi connectivity index (χ4v) is 2.34. The molecule has 0 spiro atoms. The molecule has 0 fully saturated rings. The number of carbonyl (C=O) groups excluding carboxylic acids is 1. The zero-order chi connectivity index (χ0) is 19.1. The topological polar surface area (TPSA) is 98.3 Å². The quantitative estimate of drug-likeness (QED) is 0.664. The van der Waals surface area contributed by atoms with Crippen LogP contribution in [0.25, 0.3) is 0 Å². The Labute approximate surface area is 156 Å². The Morgan fingerprint density at radius 2 is 1.85 bits per heavy atom. The van der Waals surface area contributed by atoms with Crippen LogP contribution in [0.4, 0.5) is 11.5 Å². The Hall–Kier alpha value is -3.68. The third-order valence-corrected chi connectivity index (χ3v) is 3.72. The number of nitrogens with zero attached hydrogens (tertiary/aromatic N) is 3. The van der Waals surface area contributed by atoms with Gasteiger partial charge in [0.1, 0.15) is 5.82 Å². The number of amides is 1. The maximum Gasteiger partial charge on any atom is 0.276 e. The lowest BCUT2D eigenvalue weighted by molar-refractivity contribution is 0.102. The average Bonchev–Trinajstić information content (AvgIpc) is 2.73. The lowest BCUT2D eigenvalue weighted by Gasteiger charge is -2.10. The van der Waals surface area contributed by atoms with Crippen LogP contribution in [-0.4, -0.2) is 35.3 Å². The minimum Gasteiger partial charge on any atom is -0.493 e. The van der Waals surface area contributed by atoms with Crippen molar-refractivity contribution in [2.75, 3.05) is 24.9 Å². The lowest BCUT2D eigenvalue weighted by Crippen LogP contribution is -2.15. The van der Waals surface area contributed by atoms with E-state index in [0.29, 0.717) is 29.5 Å². The molecule has 27 heavy (non-hydrogen) atoms. The summed E-state index contributed by atoms with van der Waals surface area (Å²) in [6, 6.07) is 14.1. The first-order chi connectivity index (χ1) is 13.2. The van der Waals surface area contributed by atoms with Crippen LogP contribution in [0.2, 0.25) is 0 Å². The smallest absolute Gasteiger partial charge is 0.276 e. The highest BCUT2D eigenvalue weighted by molar-refractivity contribution is 6.02. The lowest BCUT2D eigenvalue weighted by atomic mass is 10.2. The molecule has 2 aromatic heterocycles. The predicted octanol–water partition coefficient (Wildman–Crippen LogP) is 2.75. The van der Waals surface area contributed by atoms with Crippen LogP contribution in [0.3, 0.4) is 0 Å². The van der Waals surface area contributed by atoms with Gasteiger partial charge in [-0.1, -0.05) is 6.07 Å². The Balaban J connectivity index is 1.62. The van der Waals surface area contributed by atoms with Gasteiger partial charge in [0.25, 0.3) is 5.91 Å². The van der Waals surface area contributed by atoms with Gasteiger partial charge in [-0.2, -0.15) is 0 Å². The Morgan fingerprint density at radius 1 is 1.00 bits per heavy atom. The van der Waals surface area contributed by atoms with Crippen LogP contribution in [0.5, 0.6) is 11.5 Å². The SMILES string of the molecule is COc1ccc(NC(=O)c2ccc(NCc3ccccn3)nn2)cc1OC. The Morgan fingerprint density at radius 3 is 2.52 bits per heavy atom. The van der Waals surface area contributed by atoms with Crippen LogP contribution >= 0.6 is 0 Å². The second-order valence-electron chi connectivity index (χ2n) is 5.50. The first-order valence-electron chi connectivity index (χ1n) is 8.20. The highest BCUT2D eigenvalue weighted by Gasteiger charge is 2.11. The second-order valence-corrected chi connectivity index (χ2v) is 5.50. The van der Waals surface area contributed by atoms with E-state index in [1.165, 1.54) is 7.11 Å². The van der Waals surface area contributed by atoms with Crippen molar-refractivity contribution in [1.29, 1.82) is 0 Å². The molecule has 0 atom stereocenters. The fraction of sp³-hybridized carbons (Fsp3) is 0.158. The van der Waals surface area contributed by atoms with Crippen molar-refractivity contribution in [3.8, 4) is 11.5 Å². The van der Waals surface area contributed by atoms with Gasteiger partial charge in [-0.15, -0.1) is 10.2 Å². The predicted molar refractivity (Wildman–Crippen MR) is 101 cm³/mol. The van der Waals surface area contributed by atoms with Gasteiger partial charge >= 0.3 is 0 Å². The zero-order valence-electron chi connectivity index (χ0n) is 15.0. The maximum absolute atomic E-state index is 12.3. The normalized spacial score (nSPS) is 10.1. The third kappa shape index (κ3) is 4.69. The summed E-state index contributed by atoms with van der Waals surface area (Å²) in [4.78, 5) is 16.6. The van der Waals surface area contributed by atoms with Gasteiger partial charge in [0.2, 0.25) is 0 Å². The van der Waals surface area contributed by atoms with Crippen molar-refractivity contribution < 1.29 is 14.3 Å². The molecule has 0 saturated heterocycles. The highest BCUT2D eigenvalue weighted by Crippen LogP contribution is 2.29. The van der Waals surface area contributed by atoms with Crippen molar-refractivity contribution in [1.82, 2.24) is 15.2 Å². The van der Waals surface area contributed by atoms with Crippen LogP contribution in [0.1, 0.15) is 16.2 Å². The van der Waals surface area contributed by atoms with Crippen molar-refractivity contribution in [3.63, 3.8) is 0 Å². The standard InChI is InChI=1S/C19H19N5O3/c1-26-16-8-6-13(11-17(16)27-2)22-19(25)15-7-9-18(24-23-15)21-12-14-5-3-4-10-20-14/h3-11H,12H2,1-2H3,(H,21,24)(H,22,25). The number of benzene rings is 1. The summed E-state index contributed by atoms with van der Waals surface area (Å²) in [5, 5.41) is 13.8. The molecule has 0 bridgehead atoms. The average molecular weight is 365 g/mol. The summed E-state index contributed by atoms with van der Waals surface area (Å²) in [6.07, 6.45) is 1.73. The van der Waals surface area contributed by atoms with Crippen LogP contribution in [0.15, 0.2) is 54.7 Å². The number of aromatic nitrogens is 3. The first kappa shape index (κ1) is 18.1. The molecule has 0 aliphatic rings. The van der Waals surface area contributed by atoms with Gasteiger partial charge in [-0.3, -0.25) is 9.78 Å². The summed E-state index contributed by atoms with van der Waals surface area (Å²) < 4.78 is 10.4. The molecule has 2 N–H and O–H groups in total. The van der Waals surface area contributed by atoms with Crippen molar-refractivity contribution in [3.05, 3.63) is 66.1 Å². The van der Waals surface area contributed by atoms with E-state index in [0.717, 1.165) is 5.69 Å². The molecule has 0 aliphatic carbocycles. The summed E-state index contributed by atoms with van der Waals surface area (Å²) in [5.74, 6) is 1.29. The number of rotatable bonds is 7. The number of ether oxygens (including phenoxy) is 2. The third-order valence-electron chi connectivity index (χ3n) is 3.72. The molecule has 0 aliphatic heterocycles. The van der Waals surface area contributed by atoms with Crippen LogP contribution < -0.4 is 20.1 Å². The molecular formula is C19H19N5O3.